The highest BCUT2D eigenvalue weighted by atomic mass is 79.9. The summed E-state index contributed by atoms with van der Waals surface area (Å²) in [5.41, 5.74) is -0.413. The number of amides is 1. The summed E-state index contributed by atoms with van der Waals surface area (Å²) in [6, 6.07) is 5.18. The Morgan fingerprint density at radius 1 is 1.48 bits per heavy atom. The number of benzene rings is 1. The molecule has 2 fully saturated rings. The zero-order chi connectivity index (χ0) is 16.6. The Hall–Kier alpha value is -1.60. The van der Waals surface area contributed by atoms with Crippen LogP contribution in [0.25, 0.3) is 0 Å². The number of rotatable bonds is 3. The second kappa shape index (κ2) is 6.13. The number of carbonyl (C=O) groups is 2. The SMILES string of the molecule is COc1ccc(Br)c(C(=O)N2C[C@H]3COCC[C@@]3(C(=O)O)C2)c1. The molecule has 0 radical (unpaired) electrons. The maximum atomic E-state index is 12.9. The molecule has 6 nitrogen and oxygen atoms in total. The van der Waals surface area contributed by atoms with Gasteiger partial charge in [-0.05, 0) is 40.5 Å². The Balaban J connectivity index is 1.88. The zero-order valence-electron chi connectivity index (χ0n) is 12.8. The van der Waals surface area contributed by atoms with Crippen LogP contribution in [0.15, 0.2) is 22.7 Å². The molecular formula is C16H18BrNO5. The summed E-state index contributed by atoms with van der Waals surface area (Å²) in [4.78, 5) is 26.3. The van der Waals surface area contributed by atoms with Crippen molar-refractivity contribution in [2.45, 2.75) is 6.42 Å². The third-order valence-electron chi connectivity index (χ3n) is 4.82. The molecule has 1 N–H and O–H groups in total. The van der Waals surface area contributed by atoms with Crippen molar-refractivity contribution in [1.82, 2.24) is 4.90 Å². The summed E-state index contributed by atoms with van der Waals surface area (Å²) in [6.45, 7) is 1.43. The van der Waals surface area contributed by atoms with Gasteiger partial charge < -0.3 is 19.5 Å². The lowest BCUT2D eigenvalue weighted by atomic mass is 9.74. The Labute approximate surface area is 142 Å². The first-order chi connectivity index (χ1) is 11.0. The number of aliphatic carboxylic acids is 1. The maximum Gasteiger partial charge on any atom is 0.311 e. The van der Waals surface area contributed by atoms with E-state index >= 15 is 0 Å². The number of halogens is 1. The van der Waals surface area contributed by atoms with Gasteiger partial charge in [-0.1, -0.05) is 0 Å². The monoisotopic (exact) mass is 383 g/mol. The van der Waals surface area contributed by atoms with Gasteiger partial charge in [-0.2, -0.15) is 0 Å². The van der Waals surface area contributed by atoms with Gasteiger partial charge in [0.1, 0.15) is 5.75 Å². The van der Waals surface area contributed by atoms with Crippen molar-refractivity contribution in [1.29, 1.82) is 0 Å². The van der Waals surface area contributed by atoms with E-state index in [9.17, 15) is 14.7 Å². The number of hydrogen-bond donors (Lipinski definition) is 1. The number of hydrogen-bond acceptors (Lipinski definition) is 4. The number of carboxylic acids is 1. The van der Waals surface area contributed by atoms with Gasteiger partial charge in [-0.3, -0.25) is 9.59 Å². The number of likely N-dealkylation sites (tertiary alicyclic amines) is 1. The summed E-state index contributed by atoms with van der Waals surface area (Å²) in [5, 5.41) is 9.68. The molecule has 2 aliphatic rings. The minimum absolute atomic E-state index is 0.165. The van der Waals surface area contributed by atoms with E-state index in [-0.39, 0.29) is 18.4 Å². The van der Waals surface area contributed by atoms with E-state index in [1.807, 2.05) is 0 Å². The van der Waals surface area contributed by atoms with Crippen LogP contribution in [0.4, 0.5) is 0 Å². The molecule has 3 rings (SSSR count). The van der Waals surface area contributed by atoms with Crippen LogP contribution < -0.4 is 4.74 Å². The van der Waals surface area contributed by atoms with Gasteiger partial charge in [-0.25, -0.2) is 0 Å². The van der Waals surface area contributed by atoms with E-state index in [1.54, 1.807) is 30.2 Å². The van der Waals surface area contributed by atoms with E-state index in [2.05, 4.69) is 15.9 Å². The Morgan fingerprint density at radius 3 is 2.91 bits per heavy atom. The van der Waals surface area contributed by atoms with E-state index in [0.29, 0.717) is 42.0 Å². The van der Waals surface area contributed by atoms with E-state index in [0.717, 1.165) is 0 Å². The Kier molecular flexibility index (Phi) is 4.33. The second-order valence-electron chi connectivity index (χ2n) is 6.01. The van der Waals surface area contributed by atoms with Gasteiger partial charge in [0.15, 0.2) is 0 Å². The molecule has 1 aromatic rings. The van der Waals surface area contributed by atoms with Crippen molar-refractivity contribution in [3.8, 4) is 5.75 Å². The highest BCUT2D eigenvalue weighted by Gasteiger charge is 2.55. The van der Waals surface area contributed by atoms with Crippen molar-refractivity contribution in [2.75, 3.05) is 33.4 Å². The van der Waals surface area contributed by atoms with Crippen LogP contribution in [0.3, 0.4) is 0 Å². The fraction of sp³-hybridized carbons (Fsp3) is 0.500. The van der Waals surface area contributed by atoms with Gasteiger partial charge in [0, 0.05) is 30.1 Å². The van der Waals surface area contributed by atoms with Crippen molar-refractivity contribution >= 4 is 27.8 Å². The summed E-state index contributed by atoms with van der Waals surface area (Å²) in [5.74, 6) is -0.608. The first-order valence-corrected chi connectivity index (χ1v) is 8.21. The molecule has 2 aliphatic heterocycles. The van der Waals surface area contributed by atoms with Crippen LogP contribution in [-0.4, -0.2) is 55.3 Å². The number of nitrogens with zero attached hydrogens (tertiary/aromatic N) is 1. The highest BCUT2D eigenvalue weighted by Crippen LogP contribution is 2.43. The molecule has 1 aromatic carbocycles. The molecule has 124 valence electrons. The zero-order valence-corrected chi connectivity index (χ0v) is 14.3. The van der Waals surface area contributed by atoms with Crippen LogP contribution >= 0.6 is 15.9 Å². The number of carbonyl (C=O) groups excluding carboxylic acids is 1. The topological polar surface area (TPSA) is 76.1 Å². The van der Waals surface area contributed by atoms with Crippen LogP contribution in [0.2, 0.25) is 0 Å². The normalized spacial score (nSPS) is 26.7. The van der Waals surface area contributed by atoms with Gasteiger partial charge >= 0.3 is 5.97 Å². The Morgan fingerprint density at radius 2 is 2.26 bits per heavy atom. The summed E-state index contributed by atoms with van der Waals surface area (Å²) in [6.07, 6.45) is 0.441. The smallest absolute Gasteiger partial charge is 0.311 e. The van der Waals surface area contributed by atoms with Gasteiger partial charge in [0.05, 0.1) is 24.7 Å². The van der Waals surface area contributed by atoms with Gasteiger partial charge in [0.2, 0.25) is 0 Å². The lowest BCUT2D eigenvalue weighted by Gasteiger charge is -2.33. The highest BCUT2D eigenvalue weighted by molar-refractivity contribution is 9.10. The van der Waals surface area contributed by atoms with Crippen LogP contribution in [0.5, 0.6) is 5.75 Å². The van der Waals surface area contributed by atoms with E-state index in [4.69, 9.17) is 9.47 Å². The van der Waals surface area contributed by atoms with Crippen molar-refractivity contribution in [3.05, 3.63) is 28.2 Å². The lowest BCUT2D eigenvalue weighted by molar-refractivity contribution is -0.157. The molecule has 0 aliphatic carbocycles. The number of methoxy groups -OCH3 is 1. The largest absolute Gasteiger partial charge is 0.497 e. The van der Waals surface area contributed by atoms with Crippen molar-refractivity contribution < 1.29 is 24.2 Å². The Bertz CT molecular complexity index is 649. The summed E-state index contributed by atoms with van der Waals surface area (Å²) < 4.78 is 11.3. The number of ether oxygens (including phenoxy) is 2. The third kappa shape index (κ3) is 2.72. The fourth-order valence-corrected chi connectivity index (χ4v) is 3.84. The quantitative estimate of drug-likeness (QED) is 0.863. The predicted octanol–water partition coefficient (Wildman–Crippen LogP) is 2.02. The van der Waals surface area contributed by atoms with Crippen LogP contribution in [-0.2, 0) is 9.53 Å². The van der Waals surface area contributed by atoms with Crippen molar-refractivity contribution in [3.63, 3.8) is 0 Å². The number of carboxylic acid groups (broad SMARTS) is 1. The summed E-state index contributed by atoms with van der Waals surface area (Å²) >= 11 is 3.38. The van der Waals surface area contributed by atoms with Gasteiger partial charge in [0.25, 0.3) is 5.91 Å². The third-order valence-corrected chi connectivity index (χ3v) is 5.52. The fourth-order valence-electron chi connectivity index (χ4n) is 3.42. The molecule has 0 bridgehead atoms. The van der Waals surface area contributed by atoms with Crippen LogP contribution in [0.1, 0.15) is 16.8 Å². The number of fused-ring (bicyclic) bond motifs is 1. The first-order valence-electron chi connectivity index (χ1n) is 7.42. The van der Waals surface area contributed by atoms with E-state index < -0.39 is 11.4 Å². The average molecular weight is 384 g/mol. The van der Waals surface area contributed by atoms with Gasteiger partial charge in [-0.15, -0.1) is 0 Å². The van der Waals surface area contributed by atoms with Crippen LogP contribution in [0, 0.1) is 11.3 Å². The molecule has 2 saturated heterocycles. The lowest BCUT2D eigenvalue weighted by Crippen LogP contribution is -2.45. The average Bonchev–Trinajstić information content (AvgIpc) is 2.95. The standard InChI is InChI=1S/C16H18BrNO5/c1-22-11-2-3-13(17)12(6-11)14(19)18-7-10-8-23-5-4-16(10,9-18)15(20)21/h2-3,6,10H,4-5,7-9H2,1H3,(H,20,21)/t10-,16+/m0/s1. The van der Waals surface area contributed by atoms with Crippen molar-refractivity contribution in [2.24, 2.45) is 11.3 Å². The molecule has 2 heterocycles. The molecule has 0 unspecified atom stereocenters. The molecule has 1 amide bonds. The molecule has 0 aromatic heterocycles. The maximum absolute atomic E-state index is 12.9. The molecule has 2 atom stereocenters. The predicted molar refractivity (Wildman–Crippen MR) is 85.6 cm³/mol. The molecule has 0 saturated carbocycles. The minimum atomic E-state index is -0.890. The summed E-state index contributed by atoms with van der Waals surface area (Å²) in [7, 11) is 1.54. The first kappa shape index (κ1) is 16.3. The molecule has 7 heteroatoms. The molecule has 23 heavy (non-hydrogen) atoms. The second-order valence-corrected chi connectivity index (χ2v) is 6.87. The molecular weight excluding hydrogens is 366 g/mol. The minimum Gasteiger partial charge on any atom is -0.497 e. The molecule has 0 spiro atoms. The van der Waals surface area contributed by atoms with E-state index in [1.165, 1.54) is 0 Å².